The minimum Gasteiger partial charge on any atom is -0.225 e. The minimum atomic E-state index is -3.87. The highest BCUT2D eigenvalue weighted by Crippen LogP contribution is 2.13. The largest absolute Gasteiger partial charge is 0.240 e. The molecule has 0 fully saturated rings. The van der Waals surface area contributed by atoms with Crippen molar-refractivity contribution in [1.29, 1.82) is 0 Å². The lowest BCUT2D eigenvalue weighted by Gasteiger charge is -2.07. The molecular formula is C14H15FN2O4S2. The van der Waals surface area contributed by atoms with Crippen LogP contribution in [0.5, 0.6) is 0 Å². The molecule has 0 unspecified atom stereocenters. The summed E-state index contributed by atoms with van der Waals surface area (Å²) in [6, 6.07) is 10.4. The van der Waals surface area contributed by atoms with Crippen LogP contribution in [0.15, 0.2) is 58.3 Å². The minimum absolute atomic E-state index is 0.0795. The van der Waals surface area contributed by atoms with E-state index >= 15 is 0 Å². The predicted octanol–water partition coefficient (Wildman–Crippen LogP) is 0.994. The molecule has 2 rings (SSSR count). The third-order valence-electron chi connectivity index (χ3n) is 3.06. The summed E-state index contributed by atoms with van der Waals surface area (Å²) in [4.78, 5) is -0.250. The lowest BCUT2D eigenvalue weighted by atomic mass is 10.1. The van der Waals surface area contributed by atoms with Crippen LogP contribution in [0.1, 0.15) is 5.56 Å². The van der Waals surface area contributed by atoms with Crippen LogP contribution in [0, 0.1) is 5.82 Å². The first kappa shape index (κ1) is 17.5. The average molecular weight is 358 g/mol. The number of rotatable bonds is 6. The maximum absolute atomic E-state index is 13.0. The third kappa shape index (κ3) is 4.83. The van der Waals surface area contributed by atoms with Gasteiger partial charge in [0.2, 0.25) is 20.0 Å². The zero-order valence-electron chi connectivity index (χ0n) is 11.9. The molecule has 23 heavy (non-hydrogen) atoms. The van der Waals surface area contributed by atoms with E-state index in [0.717, 1.165) is 24.3 Å². The van der Waals surface area contributed by atoms with E-state index in [4.69, 9.17) is 5.14 Å². The third-order valence-corrected chi connectivity index (χ3v) is 5.46. The number of hydrogen-bond donors (Lipinski definition) is 2. The molecule has 124 valence electrons. The molecule has 0 aliphatic rings. The van der Waals surface area contributed by atoms with Gasteiger partial charge in [-0.3, -0.25) is 0 Å². The zero-order valence-corrected chi connectivity index (χ0v) is 13.6. The average Bonchev–Trinajstić information content (AvgIpc) is 2.46. The highest BCUT2D eigenvalue weighted by molar-refractivity contribution is 7.89. The standard InChI is InChI=1S/C14H15FN2O4S2/c15-12-3-1-2-11(10-12)8-9-17-23(20,21)14-6-4-13(5-7-14)22(16,18)19/h1-7,10,17H,8-9H2,(H2,16,18,19). The molecule has 0 aliphatic heterocycles. The van der Waals surface area contributed by atoms with E-state index < -0.39 is 20.0 Å². The van der Waals surface area contributed by atoms with E-state index in [1.54, 1.807) is 12.1 Å². The normalized spacial score (nSPS) is 12.3. The quantitative estimate of drug-likeness (QED) is 0.803. The number of halogens is 1. The van der Waals surface area contributed by atoms with Crippen LogP contribution in [-0.2, 0) is 26.5 Å². The Morgan fingerprint density at radius 3 is 2.13 bits per heavy atom. The number of nitrogens with one attached hydrogen (secondary N) is 1. The van der Waals surface area contributed by atoms with E-state index in [1.807, 2.05) is 0 Å². The van der Waals surface area contributed by atoms with Gasteiger partial charge in [0.1, 0.15) is 5.82 Å². The Hall–Kier alpha value is -1.81. The van der Waals surface area contributed by atoms with Crippen molar-refractivity contribution in [2.24, 2.45) is 5.14 Å². The Labute approximate surface area is 134 Å². The molecule has 9 heteroatoms. The van der Waals surface area contributed by atoms with Gasteiger partial charge in [0.25, 0.3) is 0 Å². The van der Waals surface area contributed by atoms with E-state index in [9.17, 15) is 21.2 Å². The summed E-state index contributed by atoms with van der Waals surface area (Å²) in [7, 11) is -7.66. The van der Waals surface area contributed by atoms with Crippen LogP contribution in [0.4, 0.5) is 4.39 Å². The van der Waals surface area contributed by atoms with Gasteiger partial charge in [-0.2, -0.15) is 0 Å². The molecule has 0 aliphatic carbocycles. The van der Waals surface area contributed by atoms with Gasteiger partial charge in [0.05, 0.1) is 9.79 Å². The van der Waals surface area contributed by atoms with E-state index in [-0.39, 0.29) is 22.2 Å². The fourth-order valence-corrected chi connectivity index (χ4v) is 3.46. The first-order valence-corrected chi connectivity index (χ1v) is 9.58. The van der Waals surface area contributed by atoms with Crippen molar-refractivity contribution in [1.82, 2.24) is 4.72 Å². The van der Waals surface area contributed by atoms with Gasteiger partial charge in [-0.15, -0.1) is 0 Å². The van der Waals surface area contributed by atoms with Gasteiger partial charge < -0.3 is 0 Å². The van der Waals surface area contributed by atoms with Crippen molar-refractivity contribution in [3.8, 4) is 0 Å². The molecule has 2 aromatic rings. The van der Waals surface area contributed by atoms with Crippen molar-refractivity contribution in [2.45, 2.75) is 16.2 Å². The van der Waals surface area contributed by atoms with Crippen LogP contribution >= 0.6 is 0 Å². The molecule has 2 aromatic carbocycles. The van der Waals surface area contributed by atoms with Crippen molar-refractivity contribution in [3.05, 3.63) is 59.9 Å². The second kappa shape index (κ2) is 6.75. The fraction of sp³-hybridized carbons (Fsp3) is 0.143. The number of benzene rings is 2. The number of nitrogens with two attached hydrogens (primary N) is 1. The summed E-state index contributed by atoms with van der Waals surface area (Å²) in [5.41, 5.74) is 0.664. The summed E-state index contributed by atoms with van der Waals surface area (Å²) >= 11 is 0. The zero-order chi connectivity index (χ0) is 17.1. The molecule has 0 bridgehead atoms. The lowest BCUT2D eigenvalue weighted by Crippen LogP contribution is -2.26. The van der Waals surface area contributed by atoms with Crippen LogP contribution in [-0.4, -0.2) is 23.4 Å². The highest BCUT2D eigenvalue weighted by atomic mass is 32.2. The summed E-state index contributed by atoms with van der Waals surface area (Å²) in [5, 5.41) is 4.95. The Morgan fingerprint density at radius 2 is 1.57 bits per heavy atom. The molecule has 0 aromatic heterocycles. The molecule has 0 atom stereocenters. The molecule has 0 saturated carbocycles. The van der Waals surface area contributed by atoms with Crippen LogP contribution in [0.2, 0.25) is 0 Å². The van der Waals surface area contributed by atoms with Crippen LogP contribution in [0.25, 0.3) is 0 Å². The van der Waals surface area contributed by atoms with Crippen molar-refractivity contribution in [3.63, 3.8) is 0 Å². The molecule has 0 spiro atoms. The van der Waals surface area contributed by atoms with Gasteiger partial charge >= 0.3 is 0 Å². The summed E-state index contributed by atoms with van der Waals surface area (Å²) in [6.45, 7) is 0.0860. The van der Waals surface area contributed by atoms with Gasteiger partial charge in [0, 0.05) is 6.54 Å². The van der Waals surface area contributed by atoms with Gasteiger partial charge in [-0.1, -0.05) is 12.1 Å². The summed E-state index contributed by atoms with van der Waals surface area (Å²) in [5.74, 6) is -0.385. The Bertz CT molecular complexity index is 895. The van der Waals surface area contributed by atoms with Gasteiger partial charge in [0.15, 0.2) is 0 Å². The smallest absolute Gasteiger partial charge is 0.225 e. The lowest BCUT2D eigenvalue weighted by molar-refractivity contribution is 0.580. The SMILES string of the molecule is NS(=O)(=O)c1ccc(S(=O)(=O)NCCc2cccc(F)c2)cc1. The molecule has 0 saturated heterocycles. The topological polar surface area (TPSA) is 106 Å². The molecule has 0 radical (unpaired) electrons. The monoisotopic (exact) mass is 358 g/mol. The van der Waals surface area contributed by atoms with Crippen molar-refractivity contribution >= 4 is 20.0 Å². The van der Waals surface area contributed by atoms with E-state index in [2.05, 4.69) is 4.72 Å². The number of hydrogen-bond acceptors (Lipinski definition) is 4. The van der Waals surface area contributed by atoms with E-state index in [1.165, 1.54) is 12.1 Å². The first-order chi connectivity index (χ1) is 10.7. The molecule has 6 nitrogen and oxygen atoms in total. The Balaban J connectivity index is 2.04. The van der Waals surface area contributed by atoms with Gasteiger partial charge in [-0.25, -0.2) is 31.1 Å². The number of primary sulfonamides is 1. The maximum Gasteiger partial charge on any atom is 0.240 e. The second-order valence-electron chi connectivity index (χ2n) is 4.79. The fourth-order valence-electron chi connectivity index (χ4n) is 1.91. The summed E-state index contributed by atoms with van der Waals surface area (Å²) < 4.78 is 61.8. The second-order valence-corrected chi connectivity index (χ2v) is 8.12. The summed E-state index contributed by atoms with van der Waals surface area (Å²) in [6.07, 6.45) is 0.326. The Morgan fingerprint density at radius 1 is 0.957 bits per heavy atom. The maximum atomic E-state index is 13.0. The molecule has 0 heterocycles. The first-order valence-electron chi connectivity index (χ1n) is 6.55. The highest BCUT2D eigenvalue weighted by Gasteiger charge is 2.15. The molecule has 0 amide bonds. The van der Waals surface area contributed by atoms with Crippen LogP contribution in [0.3, 0.4) is 0 Å². The van der Waals surface area contributed by atoms with Crippen molar-refractivity contribution < 1.29 is 21.2 Å². The predicted molar refractivity (Wildman–Crippen MR) is 83.1 cm³/mol. The van der Waals surface area contributed by atoms with Gasteiger partial charge in [-0.05, 0) is 48.4 Å². The molecule has 3 N–H and O–H groups in total. The number of sulfonamides is 2. The van der Waals surface area contributed by atoms with Crippen molar-refractivity contribution in [2.75, 3.05) is 6.54 Å². The Kier molecular flexibility index (Phi) is 5.15. The van der Waals surface area contributed by atoms with Crippen LogP contribution < -0.4 is 9.86 Å². The molecular weight excluding hydrogens is 343 g/mol. The van der Waals surface area contributed by atoms with E-state index in [0.29, 0.717) is 12.0 Å².